The minimum atomic E-state index is -2.36. The zero-order valence-electron chi connectivity index (χ0n) is 19.5. The van der Waals surface area contributed by atoms with Crippen molar-refractivity contribution >= 4 is 42.3 Å². The molecule has 0 unspecified atom stereocenters. The zero-order chi connectivity index (χ0) is 21.6. The first-order valence-electron chi connectivity index (χ1n) is 9.88. The van der Waals surface area contributed by atoms with Gasteiger partial charge in [0.1, 0.15) is 0 Å². The van der Waals surface area contributed by atoms with E-state index in [2.05, 4.69) is 72.0 Å². The molecule has 0 heterocycles. The third-order valence-corrected chi connectivity index (χ3v) is 21.2. The number of ether oxygens (including phenoxy) is 1. The first-order valence-corrected chi connectivity index (χ1v) is 24.9. The third kappa shape index (κ3) is 15.4. The zero-order valence-corrected chi connectivity index (χ0v) is 24.5. The normalized spacial score (nSPS) is 14.7. The lowest BCUT2D eigenvalue weighted by Gasteiger charge is -2.42. The van der Waals surface area contributed by atoms with Crippen LogP contribution in [0.4, 0.5) is 0 Å². The fraction of sp³-hybridized carbons (Fsp3) is 1.00. The maximum atomic E-state index is 8.81. The van der Waals surface area contributed by atoms with Crippen LogP contribution in [-0.4, -0.2) is 67.2 Å². The topological polar surface area (TPSA) is 66.4 Å². The molecule has 0 bridgehead atoms. The summed E-state index contributed by atoms with van der Waals surface area (Å²) in [7, 11) is -10.5. The van der Waals surface area contributed by atoms with Crippen LogP contribution in [0.1, 0.15) is 6.42 Å². The van der Waals surface area contributed by atoms with Crippen LogP contribution in [0.3, 0.4) is 0 Å². The van der Waals surface area contributed by atoms with Gasteiger partial charge in [-0.2, -0.15) is 0 Å². The second-order valence-corrected chi connectivity index (χ2v) is 29.8. The molecule has 0 aliphatic heterocycles. The molecule has 0 saturated carbocycles. The second kappa shape index (κ2) is 10.7. The van der Waals surface area contributed by atoms with Gasteiger partial charge in [0.15, 0.2) is 16.6 Å². The molecule has 0 aliphatic carbocycles. The summed E-state index contributed by atoms with van der Waals surface area (Å²) < 4.78 is 31.4. The van der Waals surface area contributed by atoms with Crippen molar-refractivity contribution in [2.45, 2.75) is 84.5 Å². The summed E-state index contributed by atoms with van der Waals surface area (Å²) in [5.41, 5.74) is 0. The van der Waals surface area contributed by atoms with Crippen molar-refractivity contribution in [3.63, 3.8) is 0 Å². The summed E-state index contributed by atoms with van der Waals surface area (Å²) in [4.78, 5) is 0. The van der Waals surface area contributed by atoms with E-state index in [9.17, 15) is 0 Å². The molecule has 0 aromatic carbocycles. The van der Waals surface area contributed by atoms with Gasteiger partial charge in [0, 0.05) is 19.8 Å². The van der Waals surface area contributed by atoms with Gasteiger partial charge in [0.25, 0.3) is 0 Å². The Balaban J connectivity index is 4.72. The molecule has 0 rings (SSSR count). The standard InChI is InChI=1S/C16H44O6Si5/c1-23(2,3)19-25(6,7)21-27(10,11)22-26(8,9)20-24(4,5)16-15-18-14-12-13-17/h17H,12-16H2,1-11H3. The molecule has 0 radical (unpaired) electrons. The highest BCUT2D eigenvalue weighted by Gasteiger charge is 2.45. The Morgan fingerprint density at radius 1 is 0.593 bits per heavy atom. The average Bonchev–Trinajstić information content (AvgIpc) is 2.29. The SMILES string of the molecule is C[Si](C)(C)O[Si](C)(C)O[Si](C)(C)O[Si](C)(C)O[Si](C)(C)CCOCCCO. The molecular weight excluding hydrogens is 429 g/mol. The van der Waals surface area contributed by atoms with Gasteiger partial charge in [-0.05, 0) is 84.5 Å². The maximum Gasteiger partial charge on any atom is 0.314 e. The minimum absolute atomic E-state index is 0.173. The Hall–Kier alpha value is 0.844. The smallest absolute Gasteiger partial charge is 0.314 e. The van der Waals surface area contributed by atoms with Crippen LogP contribution < -0.4 is 0 Å². The lowest BCUT2D eigenvalue weighted by atomic mass is 10.5. The predicted octanol–water partition coefficient (Wildman–Crippen LogP) is 4.60. The van der Waals surface area contributed by atoms with Crippen molar-refractivity contribution in [3.05, 3.63) is 0 Å². The molecule has 164 valence electrons. The van der Waals surface area contributed by atoms with Gasteiger partial charge in [-0.3, -0.25) is 0 Å². The van der Waals surface area contributed by atoms with E-state index in [1.807, 2.05) is 0 Å². The first-order chi connectivity index (χ1) is 11.9. The van der Waals surface area contributed by atoms with Crippen molar-refractivity contribution < 1.29 is 26.3 Å². The molecule has 0 spiro atoms. The second-order valence-electron chi connectivity index (χ2n) is 9.92. The number of hydrogen-bond donors (Lipinski definition) is 1. The van der Waals surface area contributed by atoms with Crippen LogP contribution in [0.25, 0.3) is 0 Å². The summed E-state index contributed by atoms with van der Waals surface area (Å²) in [6.45, 7) is 25.1. The molecule has 11 heteroatoms. The monoisotopic (exact) mass is 472 g/mol. The van der Waals surface area contributed by atoms with Crippen LogP contribution >= 0.6 is 0 Å². The third-order valence-electron chi connectivity index (χ3n) is 3.35. The van der Waals surface area contributed by atoms with Gasteiger partial charge in [0.2, 0.25) is 0 Å². The molecule has 1 N–H and O–H groups in total. The molecule has 0 aromatic heterocycles. The Morgan fingerprint density at radius 2 is 1.04 bits per heavy atom. The molecule has 0 fully saturated rings. The van der Waals surface area contributed by atoms with Crippen LogP contribution in [0.2, 0.25) is 78.1 Å². The van der Waals surface area contributed by atoms with E-state index in [4.69, 9.17) is 26.3 Å². The van der Waals surface area contributed by atoms with E-state index < -0.39 is 42.3 Å². The first kappa shape index (κ1) is 27.8. The lowest BCUT2D eigenvalue weighted by Crippen LogP contribution is -2.58. The van der Waals surface area contributed by atoms with Crippen LogP contribution in [0, 0.1) is 0 Å². The molecule has 0 amide bonds. The minimum Gasteiger partial charge on any atom is -0.437 e. The maximum absolute atomic E-state index is 8.81. The van der Waals surface area contributed by atoms with Crippen molar-refractivity contribution in [2.75, 3.05) is 19.8 Å². The largest absolute Gasteiger partial charge is 0.437 e. The highest BCUT2D eigenvalue weighted by molar-refractivity contribution is 6.90. The summed E-state index contributed by atoms with van der Waals surface area (Å²) in [5, 5.41) is 8.81. The summed E-state index contributed by atoms with van der Waals surface area (Å²) in [6.07, 6.45) is 0.683. The van der Waals surface area contributed by atoms with E-state index in [0.29, 0.717) is 19.6 Å². The summed E-state index contributed by atoms with van der Waals surface area (Å²) >= 11 is 0. The highest BCUT2D eigenvalue weighted by Crippen LogP contribution is 2.26. The van der Waals surface area contributed by atoms with Crippen molar-refractivity contribution in [1.29, 1.82) is 0 Å². The van der Waals surface area contributed by atoms with Gasteiger partial charge < -0.3 is 26.3 Å². The number of aliphatic hydroxyl groups is 1. The molecule has 6 nitrogen and oxygen atoms in total. The van der Waals surface area contributed by atoms with Crippen LogP contribution in [-0.2, 0) is 21.2 Å². The fourth-order valence-electron chi connectivity index (χ4n) is 3.29. The quantitative estimate of drug-likeness (QED) is 0.294. The van der Waals surface area contributed by atoms with Gasteiger partial charge in [-0.1, -0.05) is 0 Å². The molecule has 27 heavy (non-hydrogen) atoms. The molecule has 0 atom stereocenters. The van der Waals surface area contributed by atoms with E-state index in [1.165, 1.54) is 0 Å². The summed E-state index contributed by atoms with van der Waals surface area (Å²) in [6, 6.07) is 0.917. The Bertz CT molecular complexity index is 438. The van der Waals surface area contributed by atoms with Crippen molar-refractivity contribution in [1.82, 2.24) is 0 Å². The van der Waals surface area contributed by atoms with E-state index in [1.54, 1.807) is 0 Å². The molecular formula is C16H44O6Si5. The van der Waals surface area contributed by atoms with Crippen molar-refractivity contribution in [2.24, 2.45) is 0 Å². The van der Waals surface area contributed by atoms with Crippen LogP contribution in [0.5, 0.6) is 0 Å². The Kier molecular flexibility index (Phi) is 11.1. The fourth-order valence-corrected chi connectivity index (χ4v) is 26.6. The highest BCUT2D eigenvalue weighted by atomic mass is 28.5. The van der Waals surface area contributed by atoms with Gasteiger partial charge in [-0.15, -0.1) is 0 Å². The van der Waals surface area contributed by atoms with E-state index in [0.717, 1.165) is 6.04 Å². The Labute approximate surface area is 172 Å². The number of hydrogen-bond acceptors (Lipinski definition) is 6. The van der Waals surface area contributed by atoms with E-state index in [-0.39, 0.29) is 6.61 Å². The van der Waals surface area contributed by atoms with Crippen LogP contribution in [0.15, 0.2) is 0 Å². The van der Waals surface area contributed by atoms with Gasteiger partial charge in [-0.25, -0.2) is 0 Å². The number of rotatable bonds is 14. The number of aliphatic hydroxyl groups excluding tert-OH is 1. The van der Waals surface area contributed by atoms with Gasteiger partial charge in [0.05, 0.1) is 0 Å². The average molecular weight is 473 g/mol. The summed E-state index contributed by atoms with van der Waals surface area (Å²) in [5.74, 6) is 0. The molecule has 0 aromatic rings. The molecule has 0 aliphatic rings. The lowest BCUT2D eigenvalue weighted by molar-refractivity contribution is 0.125. The Morgan fingerprint density at radius 3 is 1.48 bits per heavy atom. The predicted molar refractivity (Wildman–Crippen MR) is 125 cm³/mol. The van der Waals surface area contributed by atoms with Gasteiger partial charge >= 0.3 is 25.7 Å². The molecule has 0 saturated heterocycles. The van der Waals surface area contributed by atoms with Crippen molar-refractivity contribution in [3.8, 4) is 0 Å². The van der Waals surface area contributed by atoms with E-state index >= 15 is 0 Å².